The van der Waals surface area contributed by atoms with Crippen molar-refractivity contribution in [3.05, 3.63) is 12.2 Å². The van der Waals surface area contributed by atoms with E-state index in [0.717, 1.165) is 28.9 Å². The molecule has 0 amide bonds. The molecule has 22 heavy (non-hydrogen) atoms. The predicted molar refractivity (Wildman–Crippen MR) is 73.0 cm³/mol. The van der Waals surface area contributed by atoms with Crippen LogP contribution < -0.4 is 0 Å². The fraction of sp³-hybridized carbons (Fsp3) is 0.765. The Bertz CT molecular complexity index is 1200. The van der Waals surface area contributed by atoms with E-state index in [9.17, 15) is 9.59 Å². The Hall–Kier alpha value is -0.801. The van der Waals surface area contributed by atoms with Gasteiger partial charge in [-0.15, -0.1) is 0 Å². The van der Waals surface area contributed by atoms with Crippen molar-refractivity contribution in [1.82, 2.24) is 0 Å². The van der Waals surface area contributed by atoms with Gasteiger partial charge in [-0.1, -0.05) is 0 Å². The molecule has 0 aromatic carbocycles. The number of fused-ring (bicyclic) bond motifs is 10. The predicted octanol–water partition coefficient (Wildman–Crippen LogP) is 3.34. The second-order valence-electron chi connectivity index (χ2n) is 11.6. The number of carbonyl (C=O) groups excluding carboxylic acids is 2. The van der Waals surface area contributed by atoms with Crippen LogP contribution >= 0.6 is 0 Å². The SMILES string of the molecule is C=C(C)C(=O)O[C]12[CH]3[CH]4[CH]5[C]1(C(=O)OCC)[Fe]43521678[CH]2[CH]1[CH]6[CH]7[CH]28. The fourth-order valence-corrected chi connectivity index (χ4v) is 91.2. The third-order valence-electron chi connectivity index (χ3n) is 15.9. The van der Waals surface area contributed by atoms with Gasteiger partial charge < -0.3 is 0 Å². The van der Waals surface area contributed by atoms with E-state index in [-0.39, 0.29) is 20.8 Å². The molecule has 5 heteroatoms. The summed E-state index contributed by atoms with van der Waals surface area (Å²) in [5, 5.41) is 0. The summed E-state index contributed by atoms with van der Waals surface area (Å²) in [6, 6.07) is 0. The molecule has 118 valence electrons. The van der Waals surface area contributed by atoms with E-state index >= 15 is 0 Å². The molecule has 10 aliphatic heterocycles. The molecule has 0 aromatic rings. The summed E-state index contributed by atoms with van der Waals surface area (Å²) in [6.07, 6.45) is 0. The van der Waals surface area contributed by atoms with Crippen molar-refractivity contribution in [2.45, 2.75) is 61.2 Å². The zero-order valence-corrected chi connectivity index (χ0v) is 13.6. The maximum absolute atomic E-state index is 13.2. The molecule has 0 saturated carbocycles. The Kier molecular flexibility index (Phi) is 0.378. The molecule has 10 fully saturated rings. The first-order valence-corrected chi connectivity index (χ1v) is 14.7. The van der Waals surface area contributed by atoms with Crippen molar-refractivity contribution < 1.29 is 25.6 Å². The van der Waals surface area contributed by atoms with Crippen LogP contribution in [0.5, 0.6) is 0 Å². The Morgan fingerprint density at radius 2 is 1.68 bits per heavy atom. The minimum atomic E-state index is -3.99. The molecular formula is C17H18FeO4. The third kappa shape index (κ3) is 0.107. The molecule has 4 nitrogen and oxygen atoms in total. The van der Waals surface area contributed by atoms with Gasteiger partial charge in [0, 0.05) is 0 Å². The van der Waals surface area contributed by atoms with Crippen LogP contribution in [0.2, 0.25) is 42.8 Å². The summed E-state index contributed by atoms with van der Waals surface area (Å²) in [7, 11) is 0. The topological polar surface area (TPSA) is 52.6 Å². The van der Waals surface area contributed by atoms with Crippen LogP contribution in [0.25, 0.3) is 0 Å². The Morgan fingerprint density at radius 3 is 2.09 bits per heavy atom. The van der Waals surface area contributed by atoms with E-state index in [1.54, 1.807) is 6.92 Å². The molecule has 5 atom stereocenters. The molecule has 5 unspecified atom stereocenters. The van der Waals surface area contributed by atoms with Crippen molar-refractivity contribution in [1.29, 1.82) is 0 Å². The van der Waals surface area contributed by atoms with Crippen LogP contribution in [0.3, 0.4) is 0 Å². The van der Waals surface area contributed by atoms with Gasteiger partial charge in [0.05, 0.1) is 0 Å². The molecule has 0 N–H and O–H groups in total. The number of hydrogen-bond donors (Lipinski definition) is 0. The van der Waals surface area contributed by atoms with Crippen molar-refractivity contribution >= 4 is 11.9 Å². The van der Waals surface area contributed by atoms with E-state index in [2.05, 4.69) is 6.58 Å². The first kappa shape index (κ1) is 9.48. The molecule has 0 radical (unpaired) electrons. The molecule has 0 bridgehead atoms. The van der Waals surface area contributed by atoms with Crippen LogP contribution in [0.4, 0.5) is 0 Å². The molecule has 10 rings (SSSR count). The normalized spacial score (nSPS) is 97.4. The van der Waals surface area contributed by atoms with Gasteiger partial charge in [-0.05, 0) is 0 Å². The van der Waals surface area contributed by atoms with E-state index < -0.39 is 6.51 Å². The van der Waals surface area contributed by atoms with Crippen LogP contribution in [-0.2, 0) is 25.6 Å². The summed E-state index contributed by atoms with van der Waals surface area (Å²) in [6.45, 7) is 3.86. The molecule has 10 saturated heterocycles. The van der Waals surface area contributed by atoms with E-state index in [1.165, 1.54) is 0 Å². The molecule has 0 aromatic heterocycles. The van der Waals surface area contributed by atoms with Crippen LogP contribution in [0, 0.1) is 0 Å². The number of esters is 2. The summed E-state index contributed by atoms with van der Waals surface area (Å²) < 4.78 is 11.4. The van der Waals surface area contributed by atoms with Crippen LogP contribution in [0.1, 0.15) is 13.8 Å². The summed E-state index contributed by atoms with van der Waals surface area (Å²) >= 11 is 0. The van der Waals surface area contributed by atoms with Gasteiger partial charge in [0.15, 0.2) is 0 Å². The van der Waals surface area contributed by atoms with E-state index in [1.807, 2.05) is 6.92 Å². The minimum absolute atomic E-state index is 0.0611. The standard InChI is InChI=1S/C12H13O4.C5H5.Fe/c1-4-15-12(14)9-6-5-7-10(9)16-11(13)8(2)3;1-2-4-5-3-1;/h5-7H,2,4H2,1,3H3;1-5H;. The van der Waals surface area contributed by atoms with E-state index in [4.69, 9.17) is 9.47 Å². The average molecular weight is 342 g/mol. The third-order valence-corrected chi connectivity index (χ3v) is 58.1. The second-order valence-corrected chi connectivity index (χ2v) is 34.7. The molecule has 0 aliphatic carbocycles. The van der Waals surface area contributed by atoms with Crippen molar-refractivity contribution in [2.75, 3.05) is 6.61 Å². The first-order chi connectivity index (χ1) is 10.2. The van der Waals surface area contributed by atoms with Gasteiger partial charge in [0.1, 0.15) is 0 Å². The molecule has 1 spiro atoms. The van der Waals surface area contributed by atoms with Gasteiger partial charge in [-0.25, -0.2) is 0 Å². The number of hydrogen-bond acceptors (Lipinski definition) is 4. The monoisotopic (exact) mass is 342 g/mol. The summed E-state index contributed by atoms with van der Waals surface area (Å²) in [4.78, 5) is 32.4. The summed E-state index contributed by atoms with van der Waals surface area (Å²) in [5.41, 5.74) is 0.481. The van der Waals surface area contributed by atoms with Crippen LogP contribution in [0.15, 0.2) is 12.2 Å². The Balaban J connectivity index is 1.39. The fourth-order valence-electron chi connectivity index (χ4n) is 17.6. The Morgan fingerprint density at radius 1 is 1.09 bits per heavy atom. The quantitative estimate of drug-likeness (QED) is 0.447. The van der Waals surface area contributed by atoms with E-state index in [0.29, 0.717) is 21.8 Å². The number of carbonyl (C=O) groups is 2. The summed E-state index contributed by atoms with van der Waals surface area (Å²) in [5.74, 6) is -0.178. The molecule has 10 heterocycles. The zero-order valence-electron chi connectivity index (χ0n) is 12.5. The van der Waals surface area contributed by atoms with Gasteiger partial charge >= 0.3 is 117 Å². The number of ether oxygens (including phenoxy) is 2. The average Bonchev–Trinajstić information content (AvgIpc) is 3.41. The van der Waals surface area contributed by atoms with Crippen molar-refractivity contribution in [3.63, 3.8) is 0 Å². The van der Waals surface area contributed by atoms with Gasteiger partial charge in [-0.2, -0.15) is 0 Å². The first-order valence-electron chi connectivity index (χ1n) is 8.52. The number of rotatable bonds is 4. The van der Waals surface area contributed by atoms with Crippen molar-refractivity contribution in [3.8, 4) is 0 Å². The van der Waals surface area contributed by atoms with Gasteiger partial charge in [0.2, 0.25) is 0 Å². The zero-order chi connectivity index (χ0) is 14.8. The maximum atomic E-state index is 13.2. The van der Waals surface area contributed by atoms with Crippen LogP contribution in [-0.4, -0.2) is 23.0 Å². The van der Waals surface area contributed by atoms with Crippen molar-refractivity contribution in [2.24, 2.45) is 0 Å². The van der Waals surface area contributed by atoms with Gasteiger partial charge in [-0.3, -0.25) is 0 Å². The van der Waals surface area contributed by atoms with Gasteiger partial charge in [0.25, 0.3) is 0 Å². The molecular weight excluding hydrogens is 324 g/mol. The Labute approximate surface area is 117 Å². The molecule has 10 aliphatic rings. The second kappa shape index (κ2) is 0.876.